The number of likely N-dealkylation sites (N-methyl/N-ethyl adjacent to an activating group) is 2. The number of carbonyl (C=O) groups excluding carboxylic acids is 1. The number of hydrogen-bond donors (Lipinski definition) is 1. The van der Waals surface area contributed by atoms with Crippen molar-refractivity contribution in [3.05, 3.63) is 18.2 Å². The van der Waals surface area contributed by atoms with Gasteiger partial charge in [0.15, 0.2) is 0 Å². The SMILES string of the molecule is CNC(C)(C)C(=O)N(C)c1ccc(OC)cc1OC. The van der Waals surface area contributed by atoms with Crippen molar-refractivity contribution in [3.63, 3.8) is 0 Å². The molecular formula is C14H22N2O3. The largest absolute Gasteiger partial charge is 0.497 e. The second-order valence-corrected chi connectivity index (χ2v) is 4.78. The van der Waals surface area contributed by atoms with E-state index >= 15 is 0 Å². The molecule has 0 bridgehead atoms. The Bertz CT molecular complexity index is 458. The van der Waals surface area contributed by atoms with Crippen LogP contribution in [0.3, 0.4) is 0 Å². The van der Waals surface area contributed by atoms with E-state index in [2.05, 4.69) is 5.32 Å². The van der Waals surface area contributed by atoms with Gasteiger partial charge in [0.2, 0.25) is 5.91 Å². The molecule has 1 rings (SSSR count). The summed E-state index contributed by atoms with van der Waals surface area (Å²) in [6, 6.07) is 5.36. The fourth-order valence-corrected chi connectivity index (χ4v) is 1.70. The average molecular weight is 266 g/mol. The van der Waals surface area contributed by atoms with Gasteiger partial charge in [-0.25, -0.2) is 0 Å². The highest BCUT2D eigenvalue weighted by molar-refractivity contribution is 6.00. The highest BCUT2D eigenvalue weighted by Crippen LogP contribution is 2.32. The van der Waals surface area contributed by atoms with Gasteiger partial charge in [0.25, 0.3) is 0 Å². The summed E-state index contributed by atoms with van der Waals surface area (Å²) in [5, 5.41) is 3.00. The number of hydrogen-bond acceptors (Lipinski definition) is 4. The Kier molecular flexibility index (Phi) is 4.78. The minimum Gasteiger partial charge on any atom is -0.497 e. The molecule has 0 fully saturated rings. The van der Waals surface area contributed by atoms with Gasteiger partial charge in [0.05, 0.1) is 25.4 Å². The van der Waals surface area contributed by atoms with Crippen LogP contribution in [0.25, 0.3) is 0 Å². The van der Waals surface area contributed by atoms with Gasteiger partial charge >= 0.3 is 0 Å². The van der Waals surface area contributed by atoms with Crippen LogP contribution in [-0.2, 0) is 4.79 Å². The molecule has 0 aromatic heterocycles. The zero-order chi connectivity index (χ0) is 14.6. The molecule has 1 N–H and O–H groups in total. The molecule has 0 aliphatic carbocycles. The van der Waals surface area contributed by atoms with Crippen LogP contribution in [-0.4, -0.2) is 39.8 Å². The lowest BCUT2D eigenvalue weighted by molar-refractivity contribution is -0.123. The summed E-state index contributed by atoms with van der Waals surface area (Å²) in [6.45, 7) is 3.67. The van der Waals surface area contributed by atoms with Gasteiger partial charge in [-0.3, -0.25) is 4.79 Å². The smallest absolute Gasteiger partial charge is 0.246 e. The summed E-state index contributed by atoms with van der Waals surface area (Å²) < 4.78 is 10.5. The van der Waals surface area contributed by atoms with E-state index in [1.807, 2.05) is 13.8 Å². The van der Waals surface area contributed by atoms with Gasteiger partial charge in [0, 0.05) is 13.1 Å². The third-order valence-electron chi connectivity index (χ3n) is 3.21. The molecule has 1 aromatic rings. The molecule has 0 aliphatic heterocycles. The highest BCUT2D eigenvalue weighted by atomic mass is 16.5. The standard InChI is InChI=1S/C14H22N2O3/c1-14(2,15-3)13(17)16(4)11-8-7-10(18-5)9-12(11)19-6/h7-9,15H,1-6H3. The van der Waals surface area contributed by atoms with Crippen LogP contribution >= 0.6 is 0 Å². The van der Waals surface area contributed by atoms with Crippen molar-refractivity contribution in [2.24, 2.45) is 0 Å². The number of benzene rings is 1. The number of ether oxygens (including phenoxy) is 2. The fraction of sp³-hybridized carbons (Fsp3) is 0.500. The quantitative estimate of drug-likeness (QED) is 0.880. The molecule has 0 atom stereocenters. The van der Waals surface area contributed by atoms with Crippen molar-refractivity contribution in [3.8, 4) is 11.5 Å². The van der Waals surface area contributed by atoms with E-state index in [4.69, 9.17) is 9.47 Å². The van der Waals surface area contributed by atoms with Crippen molar-refractivity contribution in [2.75, 3.05) is 33.2 Å². The summed E-state index contributed by atoms with van der Waals surface area (Å²) in [5.41, 5.74) is 0.0660. The Labute approximate surface area is 114 Å². The molecule has 0 spiro atoms. The van der Waals surface area contributed by atoms with Gasteiger partial charge in [0.1, 0.15) is 11.5 Å². The zero-order valence-corrected chi connectivity index (χ0v) is 12.4. The van der Waals surface area contributed by atoms with Crippen molar-refractivity contribution in [1.82, 2.24) is 5.32 Å². The lowest BCUT2D eigenvalue weighted by atomic mass is 10.0. The van der Waals surface area contributed by atoms with Crippen LogP contribution in [0.15, 0.2) is 18.2 Å². The molecular weight excluding hydrogens is 244 g/mol. The van der Waals surface area contributed by atoms with E-state index in [-0.39, 0.29) is 5.91 Å². The monoisotopic (exact) mass is 266 g/mol. The molecule has 5 heteroatoms. The van der Waals surface area contributed by atoms with Crippen LogP contribution in [0.1, 0.15) is 13.8 Å². The topological polar surface area (TPSA) is 50.8 Å². The lowest BCUT2D eigenvalue weighted by Crippen LogP contribution is -2.51. The summed E-state index contributed by atoms with van der Waals surface area (Å²) >= 11 is 0. The number of methoxy groups -OCH3 is 2. The van der Waals surface area contributed by atoms with E-state index in [1.165, 1.54) is 0 Å². The second kappa shape index (κ2) is 5.93. The Morgan fingerprint density at radius 1 is 1.26 bits per heavy atom. The number of rotatable bonds is 5. The van der Waals surface area contributed by atoms with Crippen LogP contribution < -0.4 is 19.7 Å². The van der Waals surface area contributed by atoms with Gasteiger partial charge in [-0.2, -0.15) is 0 Å². The Hall–Kier alpha value is -1.75. The Morgan fingerprint density at radius 3 is 2.37 bits per heavy atom. The summed E-state index contributed by atoms with van der Waals surface area (Å²) in [6.07, 6.45) is 0. The van der Waals surface area contributed by atoms with Gasteiger partial charge in [-0.1, -0.05) is 0 Å². The molecule has 0 radical (unpaired) electrons. The Morgan fingerprint density at radius 2 is 1.89 bits per heavy atom. The first-order valence-corrected chi connectivity index (χ1v) is 6.06. The van der Waals surface area contributed by atoms with Crippen molar-refractivity contribution in [2.45, 2.75) is 19.4 Å². The van der Waals surface area contributed by atoms with E-state index in [0.29, 0.717) is 17.2 Å². The first-order chi connectivity index (χ1) is 8.87. The van der Waals surface area contributed by atoms with Crippen molar-refractivity contribution in [1.29, 1.82) is 0 Å². The van der Waals surface area contributed by atoms with Gasteiger partial charge in [-0.05, 0) is 33.0 Å². The normalized spacial score (nSPS) is 11.1. The van der Waals surface area contributed by atoms with Crippen LogP contribution in [0.5, 0.6) is 11.5 Å². The third-order valence-corrected chi connectivity index (χ3v) is 3.21. The molecule has 5 nitrogen and oxygen atoms in total. The maximum atomic E-state index is 12.4. The molecule has 0 saturated heterocycles. The molecule has 1 aromatic carbocycles. The first-order valence-electron chi connectivity index (χ1n) is 6.06. The van der Waals surface area contributed by atoms with Crippen LogP contribution in [0.4, 0.5) is 5.69 Å². The van der Waals surface area contributed by atoms with E-state index < -0.39 is 5.54 Å². The Balaban J connectivity index is 3.12. The maximum Gasteiger partial charge on any atom is 0.246 e. The lowest BCUT2D eigenvalue weighted by Gasteiger charge is -2.29. The van der Waals surface area contributed by atoms with Gasteiger partial charge < -0.3 is 19.7 Å². The predicted molar refractivity (Wildman–Crippen MR) is 76.1 cm³/mol. The molecule has 0 saturated carbocycles. The average Bonchev–Trinajstić information content (AvgIpc) is 2.44. The minimum atomic E-state index is -0.639. The molecule has 0 aliphatic rings. The number of nitrogens with one attached hydrogen (secondary N) is 1. The highest BCUT2D eigenvalue weighted by Gasteiger charge is 2.30. The van der Waals surface area contributed by atoms with Crippen molar-refractivity contribution >= 4 is 11.6 Å². The molecule has 0 heterocycles. The number of amides is 1. The number of anilines is 1. The fourth-order valence-electron chi connectivity index (χ4n) is 1.70. The van der Waals surface area contributed by atoms with E-state index in [0.717, 1.165) is 0 Å². The first kappa shape index (κ1) is 15.3. The second-order valence-electron chi connectivity index (χ2n) is 4.78. The summed E-state index contributed by atoms with van der Waals surface area (Å²) in [4.78, 5) is 14.0. The van der Waals surface area contributed by atoms with Crippen LogP contribution in [0.2, 0.25) is 0 Å². The number of carbonyl (C=O) groups is 1. The molecule has 0 unspecified atom stereocenters. The summed E-state index contributed by atoms with van der Waals surface area (Å²) in [5.74, 6) is 1.25. The minimum absolute atomic E-state index is 0.0431. The molecule has 1 amide bonds. The maximum absolute atomic E-state index is 12.4. The van der Waals surface area contributed by atoms with Gasteiger partial charge in [-0.15, -0.1) is 0 Å². The predicted octanol–water partition coefficient (Wildman–Crippen LogP) is 1.66. The van der Waals surface area contributed by atoms with Crippen LogP contribution in [0, 0.1) is 0 Å². The van der Waals surface area contributed by atoms with E-state index in [9.17, 15) is 4.79 Å². The molecule has 106 valence electrons. The summed E-state index contributed by atoms with van der Waals surface area (Å²) in [7, 11) is 6.65. The third kappa shape index (κ3) is 3.17. The number of nitrogens with zero attached hydrogens (tertiary/aromatic N) is 1. The molecule has 19 heavy (non-hydrogen) atoms. The van der Waals surface area contributed by atoms with Crippen molar-refractivity contribution < 1.29 is 14.3 Å². The van der Waals surface area contributed by atoms with E-state index in [1.54, 1.807) is 51.4 Å². The zero-order valence-electron chi connectivity index (χ0n) is 12.4.